The fraction of sp³-hybridized carbons (Fsp3) is 0.211. The van der Waals surface area contributed by atoms with E-state index in [1.165, 1.54) is 0 Å². The van der Waals surface area contributed by atoms with Crippen LogP contribution in [0, 0.1) is 13.8 Å². The molecule has 0 fully saturated rings. The maximum atomic E-state index is 12.5. The van der Waals surface area contributed by atoms with Gasteiger partial charge in [0.25, 0.3) is 0 Å². The van der Waals surface area contributed by atoms with Gasteiger partial charge in [0.15, 0.2) is 0 Å². The quantitative estimate of drug-likeness (QED) is 0.772. The number of nitrogens with zero attached hydrogens (tertiary/aromatic N) is 2. The SMILES string of the molecule is Cc1ccc(C)c(NC(=O)C[C@H]2C(=O)Nc3nc4ccccc4n32)c1. The normalized spacial score (nSPS) is 15.9. The largest absolute Gasteiger partial charge is 0.326 e. The van der Waals surface area contributed by atoms with Crippen LogP contribution in [0.25, 0.3) is 11.0 Å². The van der Waals surface area contributed by atoms with Gasteiger partial charge in [0.2, 0.25) is 17.8 Å². The first-order valence-corrected chi connectivity index (χ1v) is 8.18. The number of hydrogen-bond donors (Lipinski definition) is 2. The number of nitrogens with one attached hydrogen (secondary N) is 2. The summed E-state index contributed by atoms with van der Waals surface area (Å²) in [5.74, 6) is 0.0968. The summed E-state index contributed by atoms with van der Waals surface area (Å²) in [5.41, 5.74) is 4.49. The molecule has 2 N–H and O–H groups in total. The number of hydrogen-bond acceptors (Lipinski definition) is 3. The molecule has 2 aromatic carbocycles. The zero-order chi connectivity index (χ0) is 17.6. The number of para-hydroxylation sites is 2. The van der Waals surface area contributed by atoms with Crippen LogP contribution in [0.2, 0.25) is 0 Å². The van der Waals surface area contributed by atoms with Crippen LogP contribution in [0.15, 0.2) is 42.5 Å². The molecule has 0 saturated carbocycles. The molecular formula is C19H18N4O2. The predicted molar refractivity (Wildman–Crippen MR) is 96.6 cm³/mol. The number of rotatable bonds is 3. The number of carbonyl (C=O) groups is 2. The third-order valence-corrected chi connectivity index (χ3v) is 4.49. The molecule has 4 rings (SSSR count). The van der Waals surface area contributed by atoms with E-state index in [-0.39, 0.29) is 18.2 Å². The Kier molecular flexibility index (Phi) is 3.53. The first-order chi connectivity index (χ1) is 12.0. The molecule has 0 radical (unpaired) electrons. The van der Waals surface area contributed by atoms with E-state index in [0.29, 0.717) is 5.95 Å². The summed E-state index contributed by atoms with van der Waals surface area (Å²) >= 11 is 0. The fourth-order valence-electron chi connectivity index (χ4n) is 3.19. The molecule has 1 atom stereocenters. The van der Waals surface area contributed by atoms with Crippen molar-refractivity contribution in [1.82, 2.24) is 9.55 Å². The molecule has 2 heterocycles. The molecule has 0 aliphatic carbocycles. The standard InChI is InChI=1S/C19H18N4O2/c1-11-7-8-12(2)14(9-11)20-17(24)10-16-18(25)22-19-21-13-5-3-4-6-15(13)23(16)19/h3-9,16H,10H2,1-2H3,(H,20,24)(H,21,22,25)/t16-/m0/s1. The van der Waals surface area contributed by atoms with Crippen LogP contribution in [0.3, 0.4) is 0 Å². The predicted octanol–water partition coefficient (Wildman–Crippen LogP) is 3.18. The monoisotopic (exact) mass is 334 g/mol. The second-order valence-corrected chi connectivity index (χ2v) is 6.37. The van der Waals surface area contributed by atoms with Crippen LogP contribution in [0.1, 0.15) is 23.6 Å². The summed E-state index contributed by atoms with van der Waals surface area (Å²) < 4.78 is 1.81. The van der Waals surface area contributed by atoms with Crippen molar-refractivity contribution >= 4 is 34.5 Å². The minimum atomic E-state index is -0.590. The van der Waals surface area contributed by atoms with Crippen LogP contribution < -0.4 is 10.6 Å². The Balaban J connectivity index is 1.60. The lowest BCUT2D eigenvalue weighted by molar-refractivity contribution is -0.123. The van der Waals surface area contributed by atoms with Crippen molar-refractivity contribution in [3.63, 3.8) is 0 Å². The molecule has 1 aliphatic rings. The van der Waals surface area contributed by atoms with E-state index in [4.69, 9.17) is 0 Å². The average molecular weight is 334 g/mol. The highest BCUT2D eigenvalue weighted by Gasteiger charge is 2.34. The Hall–Kier alpha value is -3.15. The minimum absolute atomic E-state index is 0.0621. The van der Waals surface area contributed by atoms with Gasteiger partial charge < -0.3 is 5.32 Å². The summed E-state index contributed by atoms with van der Waals surface area (Å²) in [6, 6.07) is 12.9. The second-order valence-electron chi connectivity index (χ2n) is 6.37. The lowest BCUT2D eigenvalue weighted by Gasteiger charge is -2.13. The number of imidazole rings is 1. The lowest BCUT2D eigenvalue weighted by atomic mass is 10.1. The zero-order valence-electron chi connectivity index (χ0n) is 14.0. The second kappa shape index (κ2) is 5.73. The van der Waals surface area contributed by atoms with Crippen molar-refractivity contribution in [3.05, 3.63) is 53.6 Å². The van der Waals surface area contributed by atoms with Gasteiger partial charge in [-0.25, -0.2) is 4.98 Å². The topological polar surface area (TPSA) is 76.0 Å². The van der Waals surface area contributed by atoms with Gasteiger partial charge in [0.05, 0.1) is 17.5 Å². The minimum Gasteiger partial charge on any atom is -0.326 e. The van der Waals surface area contributed by atoms with Gasteiger partial charge >= 0.3 is 0 Å². The molecule has 126 valence electrons. The molecule has 0 spiro atoms. The molecule has 25 heavy (non-hydrogen) atoms. The zero-order valence-corrected chi connectivity index (χ0v) is 14.0. The molecule has 1 aromatic heterocycles. The number of fused-ring (bicyclic) bond motifs is 3. The molecule has 0 unspecified atom stereocenters. The Morgan fingerprint density at radius 1 is 1.24 bits per heavy atom. The van der Waals surface area contributed by atoms with Crippen LogP contribution >= 0.6 is 0 Å². The number of aryl methyl sites for hydroxylation is 2. The van der Waals surface area contributed by atoms with Gasteiger partial charge in [0, 0.05) is 5.69 Å². The Bertz CT molecular complexity index is 1010. The van der Waals surface area contributed by atoms with Crippen LogP contribution in [-0.2, 0) is 9.59 Å². The number of aromatic nitrogens is 2. The highest BCUT2D eigenvalue weighted by atomic mass is 16.2. The van der Waals surface area contributed by atoms with E-state index in [1.54, 1.807) is 4.57 Å². The van der Waals surface area contributed by atoms with Crippen molar-refractivity contribution in [3.8, 4) is 0 Å². The van der Waals surface area contributed by atoms with E-state index in [0.717, 1.165) is 27.8 Å². The van der Waals surface area contributed by atoms with Gasteiger partial charge in [-0.1, -0.05) is 24.3 Å². The van der Waals surface area contributed by atoms with Crippen molar-refractivity contribution in [2.45, 2.75) is 26.3 Å². The highest BCUT2D eigenvalue weighted by molar-refractivity contribution is 6.03. The van der Waals surface area contributed by atoms with Gasteiger partial charge in [-0.05, 0) is 43.2 Å². The Morgan fingerprint density at radius 2 is 2.04 bits per heavy atom. The third-order valence-electron chi connectivity index (χ3n) is 4.49. The van der Waals surface area contributed by atoms with E-state index in [2.05, 4.69) is 15.6 Å². The maximum absolute atomic E-state index is 12.5. The van der Waals surface area contributed by atoms with E-state index in [1.807, 2.05) is 56.3 Å². The van der Waals surface area contributed by atoms with Crippen molar-refractivity contribution in [2.24, 2.45) is 0 Å². The van der Waals surface area contributed by atoms with Gasteiger partial charge in [-0.15, -0.1) is 0 Å². The van der Waals surface area contributed by atoms with E-state index >= 15 is 0 Å². The average Bonchev–Trinajstić information content (AvgIpc) is 3.07. The van der Waals surface area contributed by atoms with Crippen LogP contribution in [0.5, 0.6) is 0 Å². The van der Waals surface area contributed by atoms with E-state index < -0.39 is 6.04 Å². The summed E-state index contributed by atoms with van der Waals surface area (Å²) in [6.45, 7) is 3.92. The van der Waals surface area contributed by atoms with E-state index in [9.17, 15) is 9.59 Å². The fourth-order valence-corrected chi connectivity index (χ4v) is 3.19. The van der Waals surface area contributed by atoms with Gasteiger partial charge in [-0.2, -0.15) is 0 Å². The number of anilines is 2. The Morgan fingerprint density at radius 3 is 2.88 bits per heavy atom. The Labute approximate surface area is 144 Å². The van der Waals surface area contributed by atoms with Gasteiger partial charge in [0.1, 0.15) is 6.04 Å². The number of carbonyl (C=O) groups excluding carboxylic acids is 2. The smallest absolute Gasteiger partial charge is 0.250 e. The highest BCUT2D eigenvalue weighted by Crippen LogP contribution is 2.32. The first kappa shape index (κ1) is 15.4. The van der Waals surface area contributed by atoms with Crippen LogP contribution in [-0.4, -0.2) is 21.4 Å². The van der Waals surface area contributed by atoms with Crippen molar-refractivity contribution in [2.75, 3.05) is 10.6 Å². The molecule has 6 heteroatoms. The maximum Gasteiger partial charge on any atom is 0.250 e. The summed E-state index contributed by atoms with van der Waals surface area (Å²) in [6.07, 6.45) is 0.0621. The molecule has 6 nitrogen and oxygen atoms in total. The van der Waals surface area contributed by atoms with Gasteiger partial charge in [-0.3, -0.25) is 19.5 Å². The molecule has 0 bridgehead atoms. The van der Waals surface area contributed by atoms with Crippen LogP contribution in [0.4, 0.5) is 11.6 Å². The molecule has 2 amide bonds. The number of benzene rings is 2. The summed E-state index contributed by atoms with van der Waals surface area (Å²) in [7, 11) is 0. The first-order valence-electron chi connectivity index (χ1n) is 8.18. The third kappa shape index (κ3) is 2.65. The summed E-state index contributed by atoms with van der Waals surface area (Å²) in [4.78, 5) is 29.2. The lowest BCUT2D eigenvalue weighted by Crippen LogP contribution is -2.23. The molecule has 1 aliphatic heterocycles. The molecule has 3 aromatic rings. The molecular weight excluding hydrogens is 316 g/mol. The molecule has 0 saturated heterocycles. The van der Waals surface area contributed by atoms with Crippen molar-refractivity contribution in [1.29, 1.82) is 0 Å². The van der Waals surface area contributed by atoms with Crippen molar-refractivity contribution < 1.29 is 9.59 Å². The summed E-state index contributed by atoms with van der Waals surface area (Å²) in [5, 5.41) is 5.68. The number of amides is 2.